The molecule has 0 aromatic heterocycles. The number of hydroxylamine groups is 3. The highest BCUT2D eigenvalue weighted by atomic mass is 35.5. The first-order valence-electron chi connectivity index (χ1n) is 12.6. The Kier molecular flexibility index (Phi) is 9.56. The first kappa shape index (κ1) is 27.1. The monoisotopic (exact) mass is 488 g/mol. The molecule has 6 heteroatoms. The summed E-state index contributed by atoms with van der Waals surface area (Å²) in [5.74, 6) is 0. The molecule has 2 aromatic carbocycles. The van der Waals surface area contributed by atoms with Crippen LogP contribution in [-0.2, 0) is 16.8 Å². The zero-order valence-electron chi connectivity index (χ0n) is 20.9. The van der Waals surface area contributed by atoms with Gasteiger partial charge in [-0.1, -0.05) is 54.9 Å². The van der Waals surface area contributed by atoms with Crippen LogP contribution in [0.5, 0.6) is 0 Å². The average Bonchev–Trinajstić information content (AvgIpc) is 3.28. The highest BCUT2D eigenvalue weighted by Crippen LogP contribution is 2.42. The van der Waals surface area contributed by atoms with Gasteiger partial charge in [-0.2, -0.15) is 0 Å². The van der Waals surface area contributed by atoms with Crippen LogP contribution in [0.2, 0.25) is 5.02 Å². The number of rotatable bonds is 12. The summed E-state index contributed by atoms with van der Waals surface area (Å²) in [6.07, 6.45) is 5.97. The summed E-state index contributed by atoms with van der Waals surface area (Å²) >= 11 is 6.75. The molecule has 1 aliphatic carbocycles. The van der Waals surface area contributed by atoms with Crippen molar-refractivity contribution >= 4 is 11.6 Å². The smallest absolute Gasteiger partial charge is 0.0956 e. The normalized spacial score (nSPS) is 21.9. The molecule has 34 heavy (non-hydrogen) atoms. The minimum atomic E-state index is -1.17. The van der Waals surface area contributed by atoms with Crippen LogP contribution in [0.4, 0.5) is 0 Å². The molecule has 1 aliphatic rings. The van der Waals surface area contributed by atoms with Gasteiger partial charge in [-0.3, -0.25) is 0 Å². The van der Waals surface area contributed by atoms with E-state index in [0.717, 1.165) is 55.2 Å². The number of halogens is 1. The van der Waals surface area contributed by atoms with Crippen LogP contribution in [0.15, 0.2) is 42.5 Å². The molecule has 4 unspecified atom stereocenters. The van der Waals surface area contributed by atoms with Crippen LogP contribution < -0.4 is 5.73 Å². The van der Waals surface area contributed by atoms with E-state index in [1.54, 1.807) is 14.2 Å². The van der Waals surface area contributed by atoms with E-state index in [4.69, 9.17) is 22.1 Å². The van der Waals surface area contributed by atoms with Crippen LogP contribution in [0.1, 0.15) is 63.0 Å². The maximum Gasteiger partial charge on any atom is 0.0956 e. The summed E-state index contributed by atoms with van der Waals surface area (Å²) in [6, 6.07) is 14.2. The molecule has 0 bridgehead atoms. The van der Waals surface area contributed by atoms with Crippen molar-refractivity contribution in [3.63, 3.8) is 0 Å². The summed E-state index contributed by atoms with van der Waals surface area (Å²) in [7, 11) is 3.42. The van der Waals surface area contributed by atoms with Gasteiger partial charge < -0.3 is 25.4 Å². The van der Waals surface area contributed by atoms with Crippen molar-refractivity contribution in [1.29, 1.82) is 0 Å². The number of methoxy groups -OCH3 is 1. The number of nitrogens with two attached hydrogens (primary N) is 1. The lowest BCUT2D eigenvalue weighted by atomic mass is 9.80. The Morgan fingerprint density at radius 3 is 2.62 bits per heavy atom. The third-order valence-electron chi connectivity index (χ3n) is 7.51. The molecular formula is C28H41ClN2O3. The Morgan fingerprint density at radius 1 is 1.18 bits per heavy atom. The third-order valence-corrected chi connectivity index (χ3v) is 7.83. The van der Waals surface area contributed by atoms with Crippen LogP contribution >= 0.6 is 11.6 Å². The highest BCUT2D eigenvalue weighted by Gasteiger charge is 2.37. The molecule has 5 nitrogen and oxygen atoms in total. The van der Waals surface area contributed by atoms with Gasteiger partial charge in [-0.15, -0.1) is 0 Å². The lowest BCUT2D eigenvalue weighted by Crippen LogP contribution is -2.49. The Balaban J connectivity index is 1.95. The van der Waals surface area contributed by atoms with Gasteiger partial charge in [0.2, 0.25) is 0 Å². The predicted octanol–water partition coefficient (Wildman–Crippen LogP) is 5.79. The fourth-order valence-corrected chi connectivity index (χ4v) is 5.57. The second-order valence-corrected chi connectivity index (χ2v) is 10.5. The molecule has 1 fully saturated rings. The van der Waals surface area contributed by atoms with Gasteiger partial charge in [0.05, 0.1) is 25.2 Å². The zero-order valence-corrected chi connectivity index (χ0v) is 21.7. The number of aliphatic hydroxyl groups is 1. The summed E-state index contributed by atoms with van der Waals surface area (Å²) in [5, 5.41) is 26.3. The molecular weight excluding hydrogens is 448 g/mol. The van der Waals surface area contributed by atoms with Crippen molar-refractivity contribution < 1.29 is 14.5 Å². The van der Waals surface area contributed by atoms with E-state index in [1.807, 2.05) is 30.3 Å². The highest BCUT2D eigenvalue weighted by molar-refractivity contribution is 6.33. The van der Waals surface area contributed by atoms with E-state index < -0.39 is 5.60 Å². The molecule has 0 aliphatic heterocycles. The van der Waals surface area contributed by atoms with Crippen molar-refractivity contribution in [2.24, 2.45) is 5.73 Å². The maximum atomic E-state index is 13.5. The maximum absolute atomic E-state index is 13.5. The minimum absolute atomic E-state index is 0.00666. The predicted molar refractivity (Wildman–Crippen MR) is 141 cm³/mol. The van der Waals surface area contributed by atoms with Crippen molar-refractivity contribution in [2.45, 2.75) is 76.0 Å². The topological polar surface area (TPSA) is 78.5 Å². The Morgan fingerprint density at radius 2 is 1.94 bits per heavy atom. The minimum Gasteiger partial charge on any atom is -0.633 e. The van der Waals surface area contributed by atoms with E-state index in [2.05, 4.69) is 19.1 Å². The number of hydrogen-bond acceptors (Lipinski definition) is 4. The Labute approximate surface area is 210 Å². The molecule has 0 amide bonds. The van der Waals surface area contributed by atoms with Crippen molar-refractivity contribution in [2.75, 3.05) is 27.3 Å². The lowest BCUT2D eigenvalue weighted by molar-refractivity contribution is -0.886. The first-order valence-corrected chi connectivity index (χ1v) is 13.0. The SMILES string of the molecule is CCc1cccc(-c2c(Cl)cccc2C(O)(CCCCOC)CC[N+](C)([O-])C2CCC(N)C2)c1. The summed E-state index contributed by atoms with van der Waals surface area (Å²) in [6.45, 7) is 3.10. The van der Waals surface area contributed by atoms with E-state index in [9.17, 15) is 10.3 Å². The first-order chi connectivity index (χ1) is 16.2. The average molecular weight is 489 g/mol. The van der Waals surface area contributed by atoms with Gasteiger partial charge in [0.25, 0.3) is 0 Å². The molecule has 0 saturated heterocycles. The zero-order chi connectivity index (χ0) is 24.8. The van der Waals surface area contributed by atoms with Crippen molar-refractivity contribution in [3.8, 4) is 11.1 Å². The number of aryl methyl sites for hydroxylation is 1. The van der Waals surface area contributed by atoms with E-state index >= 15 is 0 Å². The van der Waals surface area contributed by atoms with Crippen molar-refractivity contribution in [1.82, 2.24) is 0 Å². The van der Waals surface area contributed by atoms with Crippen LogP contribution in [0.3, 0.4) is 0 Å². The number of hydrogen-bond donors (Lipinski definition) is 2. The van der Waals surface area contributed by atoms with E-state index in [0.29, 0.717) is 31.0 Å². The Bertz CT molecular complexity index is 936. The van der Waals surface area contributed by atoms with Crippen LogP contribution in [0, 0.1) is 5.21 Å². The largest absolute Gasteiger partial charge is 0.633 e. The second kappa shape index (κ2) is 12.0. The van der Waals surface area contributed by atoms with Crippen LogP contribution in [0.25, 0.3) is 11.1 Å². The standard InChI is InChI=1S/C28H41ClN2O3/c1-4-21-9-7-10-22(19-21)27-25(11-8-12-26(27)29)28(32,15-5-6-18-34-3)16-17-31(2,33)24-14-13-23(30)20-24/h7-12,19,23-24,32H,4-6,13-18,20,30H2,1-3H3. The van der Waals surface area contributed by atoms with Crippen molar-refractivity contribution in [3.05, 3.63) is 63.8 Å². The van der Waals surface area contributed by atoms with Gasteiger partial charge in [-0.05, 0) is 54.9 Å². The van der Waals surface area contributed by atoms with Gasteiger partial charge in [0, 0.05) is 49.6 Å². The van der Waals surface area contributed by atoms with E-state index in [-0.39, 0.29) is 16.7 Å². The summed E-state index contributed by atoms with van der Waals surface area (Å²) < 4.78 is 4.86. The van der Waals surface area contributed by atoms with Gasteiger partial charge in [-0.25, -0.2) is 0 Å². The summed E-state index contributed by atoms with van der Waals surface area (Å²) in [4.78, 5) is 0. The van der Waals surface area contributed by atoms with E-state index in [1.165, 1.54) is 5.56 Å². The van der Waals surface area contributed by atoms with Gasteiger partial charge in [0.15, 0.2) is 0 Å². The number of nitrogens with zero attached hydrogens (tertiary/aromatic N) is 1. The molecule has 4 atom stereocenters. The molecule has 3 N–H and O–H groups in total. The number of unbranched alkanes of at least 4 members (excludes halogenated alkanes) is 1. The quantitative estimate of drug-likeness (QED) is 0.225. The third kappa shape index (κ3) is 6.60. The fraction of sp³-hybridized carbons (Fsp3) is 0.571. The lowest BCUT2D eigenvalue weighted by Gasteiger charge is -2.46. The Hall–Kier alpha value is -1.47. The fourth-order valence-electron chi connectivity index (χ4n) is 5.29. The number of ether oxygens (including phenoxy) is 1. The second-order valence-electron chi connectivity index (χ2n) is 10.1. The number of quaternary nitrogens is 1. The number of benzene rings is 2. The van der Waals surface area contributed by atoms with Crippen LogP contribution in [-0.4, -0.2) is 49.1 Å². The molecule has 0 heterocycles. The molecule has 1 saturated carbocycles. The van der Waals surface area contributed by atoms with Gasteiger partial charge in [0.1, 0.15) is 0 Å². The molecule has 0 spiro atoms. The molecule has 0 radical (unpaired) electrons. The molecule has 2 aromatic rings. The van der Waals surface area contributed by atoms with Gasteiger partial charge >= 0.3 is 0 Å². The molecule has 188 valence electrons. The summed E-state index contributed by atoms with van der Waals surface area (Å²) in [5.41, 5.74) is 8.79. The molecule has 3 rings (SSSR count).